The Hall–Kier alpha value is -2.41. The predicted molar refractivity (Wildman–Crippen MR) is 131 cm³/mol. The van der Waals surface area contributed by atoms with Crippen LogP contribution in [0.25, 0.3) is 0 Å². The van der Waals surface area contributed by atoms with Crippen LogP contribution in [0.3, 0.4) is 0 Å². The van der Waals surface area contributed by atoms with Gasteiger partial charge in [0, 0.05) is 18.1 Å². The minimum absolute atomic E-state index is 0.0769. The zero-order valence-corrected chi connectivity index (χ0v) is 19.8. The van der Waals surface area contributed by atoms with E-state index in [0.29, 0.717) is 18.2 Å². The van der Waals surface area contributed by atoms with Crippen LogP contribution in [0.2, 0.25) is 5.02 Å². The number of amides is 1. The maximum absolute atomic E-state index is 14.3. The lowest BCUT2D eigenvalue weighted by Gasteiger charge is -2.42. The van der Waals surface area contributed by atoms with Crippen LogP contribution in [-0.2, 0) is 9.53 Å². The molecule has 1 aliphatic carbocycles. The Morgan fingerprint density at radius 3 is 2.30 bits per heavy atom. The summed E-state index contributed by atoms with van der Waals surface area (Å²) in [6.45, 7) is 2.96. The maximum Gasteiger partial charge on any atom is 0.240 e. The van der Waals surface area contributed by atoms with Crippen LogP contribution in [0.4, 0.5) is 11.4 Å². The van der Waals surface area contributed by atoms with Crippen LogP contribution in [0, 0.1) is 5.41 Å². The van der Waals surface area contributed by atoms with Gasteiger partial charge >= 0.3 is 0 Å². The minimum atomic E-state index is -0.458. The highest BCUT2D eigenvalue weighted by Crippen LogP contribution is 2.49. The number of halogens is 1. The Morgan fingerprint density at radius 2 is 1.67 bits per heavy atom. The van der Waals surface area contributed by atoms with Crippen LogP contribution < -0.4 is 9.64 Å². The Kier molecular flexibility index (Phi) is 6.41. The molecule has 2 aromatic rings. The van der Waals surface area contributed by atoms with Gasteiger partial charge in [-0.25, -0.2) is 4.99 Å². The second kappa shape index (κ2) is 9.45. The summed E-state index contributed by atoms with van der Waals surface area (Å²) in [6.07, 6.45) is 5.09. The topological polar surface area (TPSA) is 54.4 Å². The average Bonchev–Trinajstić information content (AvgIpc) is 3.08. The number of morpholine rings is 1. The van der Waals surface area contributed by atoms with Crippen LogP contribution in [0.1, 0.15) is 32.1 Å². The van der Waals surface area contributed by atoms with Gasteiger partial charge in [-0.1, -0.05) is 30.9 Å². The van der Waals surface area contributed by atoms with E-state index in [1.165, 1.54) is 6.42 Å². The van der Waals surface area contributed by atoms with E-state index in [0.717, 1.165) is 61.7 Å². The second-order valence-corrected chi connectivity index (χ2v) is 9.49. The van der Waals surface area contributed by atoms with Crippen molar-refractivity contribution in [2.24, 2.45) is 10.4 Å². The number of aliphatic imine (C=N–C) groups is 1. The molecule has 1 atom stereocenters. The molecule has 0 bridgehead atoms. The lowest BCUT2D eigenvalue weighted by atomic mass is 9.69. The van der Waals surface area contributed by atoms with Crippen LogP contribution >= 0.6 is 11.6 Å². The molecular weight excluding hydrogens is 438 g/mol. The molecule has 1 spiro atoms. The molecule has 2 aliphatic heterocycles. The van der Waals surface area contributed by atoms with Crippen molar-refractivity contribution in [3.05, 3.63) is 53.6 Å². The SMILES string of the molecule is COc1ccc(N=C2[C@@H](N3CCOCC3)C3(CCCCC3)C(=O)N2c2ccc(Cl)cc2)cc1. The molecule has 2 aromatic carbocycles. The number of rotatable bonds is 4. The maximum atomic E-state index is 14.3. The number of carbonyl (C=O) groups excluding carboxylic acids is 1. The molecule has 3 fully saturated rings. The van der Waals surface area contributed by atoms with Crippen LogP contribution in [0.5, 0.6) is 5.75 Å². The number of methoxy groups -OCH3 is 1. The summed E-state index contributed by atoms with van der Waals surface area (Å²) >= 11 is 6.17. The van der Waals surface area contributed by atoms with E-state index in [9.17, 15) is 4.79 Å². The second-order valence-electron chi connectivity index (χ2n) is 9.05. The van der Waals surface area contributed by atoms with Gasteiger partial charge in [-0.2, -0.15) is 0 Å². The summed E-state index contributed by atoms with van der Waals surface area (Å²) in [4.78, 5) is 23.7. The summed E-state index contributed by atoms with van der Waals surface area (Å²) in [5, 5.41) is 0.649. The predicted octanol–water partition coefficient (Wildman–Crippen LogP) is 5.08. The molecule has 0 N–H and O–H groups in total. The third-order valence-corrected chi connectivity index (χ3v) is 7.44. The highest BCUT2D eigenvalue weighted by molar-refractivity contribution is 6.31. The first-order valence-corrected chi connectivity index (χ1v) is 12.1. The lowest BCUT2D eigenvalue weighted by Crippen LogP contribution is -2.54. The Bertz CT molecular complexity index is 1010. The lowest BCUT2D eigenvalue weighted by molar-refractivity contribution is -0.130. The summed E-state index contributed by atoms with van der Waals surface area (Å²) in [7, 11) is 1.65. The van der Waals surface area contributed by atoms with E-state index in [4.69, 9.17) is 26.1 Å². The van der Waals surface area contributed by atoms with Crippen molar-refractivity contribution in [1.82, 2.24) is 4.90 Å². The first-order valence-electron chi connectivity index (χ1n) is 11.8. The first kappa shape index (κ1) is 22.4. The van der Waals surface area contributed by atoms with Gasteiger partial charge in [-0.15, -0.1) is 0 Å². The largest absolute Gasteiger partial charge is 0.497 e. The average molecular weight is 468 g/mol. The third kappa shape index (κ3) is 4.16. The highest BCUT2D eigenvalue weighted by atomic mass is 35.5. The molecule has 7 heteroatoms. The van der Waals surface area contributed by atoms with Crippen molar-refractivity contribution in [3.63, 3.8) is 0 Å². The molecule has 2 saturated heterocycles. The van der Waals surface area contributed by atoms with Gasteiger partial charge in [0.15, 0.2) is 0 Å². The molecule has 0 unspecified atom stereocenters. The summed E-state index contributed by atoms with van der Waals surface area (Å²) in [5.41, 5.74) is 1.17. The molecule has 2 heterocycles. The molecule has 1 saturated carbocycles. The Morgan fingerprint density at radius 1 is 1.00 bits per heavy atom. The van der Waals surface area contributed by atoms with Gasteiger partial charge in [-0.3, -0.25) is 14.6 Å². The quantitative estimate of drug-likeness (QED) is 0.629. The standard InChI is InChI=1S/C26H30ClN3O3/c1-32-22-11-7-20(8-12-22)28-24-23(29-15-17-33-18-16-29)26(13-3-2-4-14-26)25(31)30(24)21-9-5-19(27)6-10-21/h5-12,23H,2-4,13-18H2,1H3/t23-/m1/s1. The number of ether oxygens (including phenoxy) is 2. The van der Waals surface area contributed by atoms with Crippen molar-refractivity contribution in [3.8, 4) is 5.75 Å². The van der Waals surface area contributed by atoms with E-state index in [-0.39, 0.29) is 11.9 Å². The summed E-state index contributed by atoms with van der Waals surface area (Å²) < 4.78 is 11.0. The van der Waals surface area contributed by atoms with Crippen LogP contribution in [0.15, 0.2) is 53.5 Å². The fourth-order valence-corrected chi connectivity index (χ4v) is 5.70. The number of nitrogens with zero attached hydrogens (tertiary/aromatic N) is 3. The monoisotopic (exact) mass is 467 g/mol. The number of hydrogen-bond donors (Lipinski definition) is 0. The number of hydrogen-bond acceptors (Lipinski definition) is 5. The molecule has 3 aliphatic rings. The molecule has 6 nitrogen and oxygen atoms in total. The van der Waals surface area contributed by atoms with E-state index in [2.05, 4.69) is 4.90 Å². The smallest absolute Gasteiger partial charge is 0.240 e. The van der Waals surface area contributed by atoms with Crippen LogP contribution in [-0.4, -0.2) is 56.1 Å². The fraction of sp³-hybridized carbons (Fsp3) is 0.462. The third-order valence-electron chi connectivity index (χ3n) is 7.18. The van der Waals surface area contributed by atoms with E-state index < -0.39 is 5.41 Å². The van der Waals surface area contributed by atoms with Gasteiger partial charge in [0.25, 0.3) is 0 Å². The molecule has 5 rings (SSSR count). The minimum Gasteiger partial charge on any atom is -0.497 e. The Labute approximate surface area is 200 Å². The first-order chi connectivity index (χ1) is 16.1. The number of benzene rings is 2. The van der Waals surface area contributed by atoms with E-state index in [1.807, 2.05) is 53.4 Å². The Balaban J connectivity index is 1.66. The zero-order chi connectivity index (χ0) is 22.8. The summed E-state index contributed by atoms with van der Waals surface area (Å²) in [5.74, 6) is 1.74. The van der Waals surface area contributed by atoms with Gasteiger partial charge in [-0.05, 0) is 61.4 Å². The van der Waals surface area contributed by atoms with Crippen molar-refractivity contribution in [2.45, 2.75) is 38.1 Å². The number of amidine groups is 1. The van der Waals surface area contributed by atoms with Gasteiger partial charge in [0.05, 0.1) is 43.2 Å². The summed E-state index contributed by atoms with van der Waals surface area (Å²) in [6, 6.07) is 15.1. The van der Waals surface area contributed by atoms with Crippen molar-refractivity contribution >= 4 is 34.7 Å². The molecular formula is C26H30ClN3O3. The fourth-order valence-electron chi connectivity index (χ4n) is 5.57. The molecule has 33 heavy (non-hydrogen) atoms. The molecule has 0 radical (unpaired) electrons. The van der Waals surface area contributed by atoms with Gasteiger partial charge in [0.2, 0.25) is 5.91 Å². The van der Waals surface area contributed by atoms with Gasteiger partial charge < -0.3 is 9.47 Å². The number of anilines is 1. The highest BCUT2D eigenvalue weighted by Gasteiger charge is 2.60. The van der Waals surface area contributed by atoms with Crippen molar-refractivity contribution in [2.75, 3.05) is 38.3 Å². The molecule has 0 aromatic heterocycles. The van der Waals surface area contributed by atoms with Crippen molar-refractivity contribution in [1.29, 1.82) is 0 Å². The zero-order valence-electron chi connectivity index (χ0n) is 19.0. The van der Waals surface area contributed by atoms with Gasteiger partial charge in [0.1, 0.15) is 11.6 Å². The van der Waals surface area contributed by atoms with E-state index in [1.54, 1.807) is 7.11 Å². The molecule has 1 amide bonds. The van der Waals surface area contributed by atoms with Crippen molar-refractivity contribution < 1.29 is 14.3 Å². The number of carbonyl (C=O) groups is 1. The molecule has 174 valence electrons. The van der Waals surface area contributed by atoms with E-state index >= 15 is 0 Å². The normalized spacial score (nSPS) is 24.5.